The van der Waals surface area contributed by atoms with Gasteiger partial charge in [-0.2, -0.15) is 0 Å². The molecule has 1 saturated heterocycles. The third kappa shape index (κ3) is 5.91. The molecule has 7 heteroatoms. The van der Waals surface area contributed by atoms with Crippen molar-refractivity contribution < 1.29 is 13.6 Å². The van der Waals surface area contributed by atoms with Gasteiger partial charge in [0, 0.05) is 41.4 Å². The molecule has 2 atom stereocenters. The van der Waals surface area contributed by atoms with E-state index in [4.69, 9.17) is 9.98 Å². The van der Waals surface area contributed by atoms with Gasteiger partial charge in [0.1, 0.15) is 12.0 Å². The van der Waals surface area contributed by atoms with Crippen molar-refractivity contribution in [3.05, 3.63) is 113 Å². The first-order chi connectivity index (χ1) is 20.2. The van der Waals surface area contributed by atoms with E-state index in [0.717, 1.165) is 46.4 Å². The second-order valence-electron chi connectivity index (χ2n) is 11.2. The third-order valence-corrected chi connectivity index (χ3v) is 8.04. The minimum absolute atomic E-state index is 0.0276. The van der Waals surface area contributed by atoms with Gasteiger partial charge in [0.15, 0.2) is 6.30 Å². The quantitative estimate of drug-likeness (QED) is 0.200. The summed E-state index contributed by atoms with van der Waals surface area (Å²) in [5.74, 6) is 0.827. The fourth-order valence-corrected chi connectivity index (χ4v) is 5.82. The summed E-state index contributed by atoms with van der Waals surface area (Å²) in [6, 6.07) is 20.6. The lowest BCUT2D eigenvalue weighted by Crippen LogP contribution is -2.38. The normalized spacial score (nSPS) is 16.0. The summed E-state index contributed by atoms with van der Waals surface area (Å²) in [6.07, 6.45) is -0.401. The first kappa shape index (κ1) is 29.4. The summed E-state index contributed by atoms with van der Waals surface area (Å²) < 4.78 is 30.9. The molecule has 2 unspecified atom stereocenters. The number of carbonyl (C=O) groups excluding carboxylic acids is 1. The van der Waals surface area contributed by atoms with Gasteiger partial charge in [0.2, 0.25) is 0 Å². The molecule has 1 amide bonds. The Kier molecular flexibility index (Phi) is 8.66. The Morgan fingerprint density at radius 2 is 1.79 bits per heavy atom. The zero-order chi connectivity index (χ0) is 30.0. The van der Waals surface area contributed by atoms with Gasteiger partial charge in [-0.1, -0.05) is 49.9 Å². The van der Waals surface area contributed by atoms with Crippen molar-refractivity contribution in [1.82, 2.24) is 14.5 Å². The lowest BCUT2D eigenvalue weighted by molar-refractivity contribution is 0.0708. The van der Waals surface area contributed by atoms with E-state index in [2.05, 4.69) is 6.58 Å². The maximum absolute atomic E-state index is 15.1. The molecule has 5 nitrogen and oxygen atoms in total. The van der Waals surface area contributed by atoms with E-state index in [-0.39, 0.29) is 11.8 Å². The lowest BCUT2D eigenvalue weighted by Gasteiger charge is -2.32. The second-order valence-corrected chi connectivity index (χ2v) is 11.2. The standard InChI is InChI=1S/C35H38F2N4O/c1-6-32(37)41-31-13-8-7-12-30(31)39-34(41)25-16-18-40(19-17-25)35(42)28-14-15-29(23(4)20-28)33(38-22(2)3)27-11-9-10-26(21-27)24(5)36/h7-15,20-21,24-25,32H,2,6,16-19H2,1,3-5H3. The van der Waals surface area contributed by atoms with E-state index >= 15 is 4.39 Å². The largest absolute Gasteiger partial charge is 0.339 e. The van der Waals surface area contributed by atoms with Gasteiger partial charge in [-0.25, -0.2) is 13.8 Å². The van der Waals surface area contributed by atoms with Gasteiger partial charge >= 0.3 is 0 Å². The van der Waals surface area contributed by atoms with Crippen LogP contribution < -0.4 is 0 Å². The number of benzene rings is 3. The fraction of sp³-hybridized carbons (Fsp3) is 0.343. The number of fused-ring (bicyclic) bond motifs is 1. The first-order valence-electron chi connectivity index (χ1n) is 14.7. The topological polar surface area (TPSA) is 50.5 Å². The number of aryl methyl sites for hydroxylation is 1. The molecule has 1 aromatic heterocycles. The molecule has 0 radical (unpaired) electrons. The van der Waals surface area contributed by atoms with Crippen molar-refractivity contribution in [1.29, 1.82) is 0 Å². The molecule has 0 spiro atoms. The number of halogens is 2. The molecule has 5 rings (SSSR count). The number of allylic oxidation sites excluding steroid dienone is 1. The third-order valence-electron chi connectivity index (χ3n) is 8.04. The average Bonchev–Trinajstić information content (AvgIpc) is 3.39. The number of aromatic nitrogens is 2. The summed E-state index contributed by atoms with van der Waals surface area (Å²) in [7, 11) is 0. The number of amides is 1. The Hall–Kier alpha value is -4.13. The number of hydrogen-bond donors (Lipinski definition) is 0. The van der Waals surface area contributed by atoms with E-state index in [0.29, 0.717) is 42.0 Å². The maximum Gasteiger partial charge on any atom is 0.253 e. The van der Waals surface area contributed by atoms with E-state index in [1.54, 1.807) is 10.6 Å². The van der Waals surface area contributed by atoms with Crippen LogP contribution in [0.25, 0.3) is 11.0 Å². The molecule has 1 fully saturated rings. The Bertz CT molecular complexity index is 1650. The predicted octanol–water partition coefficient (Wildman–Crippen LogP) is 8.64. The Morgan fingerprint density at radius 1 is 1.05 bits per heavy atom. The van der Waals surface area contributed by atoms with Crippen LogP contribution in [0, 0.1) is 6.92 Å². The number of alkyl halides is 2. The highest BCUT2D eigenvalue weighted by atomic mass is 19.1. The highest BCUT2D eigenvalue weighted by molar-refractivity contribution is 6.14. The predicted molar refractivity (Wildman–Crippen MR) is 166 cm³/mol. The van der Waals surface area contributed by atoms with Crippen LogP contribution in [0.3, 0.4) is 0 Å². The number of carbonyl (C=O) groups is 1. The second kappa shape index (κ2) is 12.4. The fourth-order valence-electron chi connectivity index (χ4n) is 5.82. The minimum atomic E-state index is -1.13. The molecule has 1 aliphatic rings. The molecule has 2 heterocycles. The first-order valence-corrected chi connectivity index (χ1v) is 14.7. The number of nitrogens with zero attached hydrogens (tertiary/aromatic N) is 4. The molecule has 218 valence electrons. The van der Waals surface area contributed by atoms with Crippen LogP contribution >= 0.6 is 0 Å². The molecule has 0 aliphatic carbocycles. The molecule has 3 aromatic carbocycles. The van der Waals surface area contributed by atoms with Crippen LogP contribution in [0.15, 0.2) is 84.0 Å². The van der Waals surface area contributed by atoms with Crippen molar-refractivity contribution in [3.63, 3.8) is 0 Å². The lowest BCUT2D eigenvalue weighted by atomic mass is 9.93. The zero-order valence-electron chi connectivity index (χ0n) is 24.8. The zero-order valence-corrected chi connectivity index (χ0v) is 24.8. The van der Waals surface area contributed by atoms with Gasteiger partial charge in [-0.15, -0.1) is 0 Å². The van der Waals surface area contributed by atoms with E-state index in [1.165, 1.54) is 6.92 Å². The molecule has 0 N–H and O–H groups in total. The van der Waals surface area contributed by atoms with E-state index in [9.17, 15) is 9.18 Å². The highest BCUT2D eigenvalue weighted by Crippen LogP contribution is 2.34. The van der Waals surface area contributed by atoms with Crippen LogP contribution in [0.4, 0.5) is 8.78 Å². The van der Waals surface area contributed by atoms with Crippen molar-refractivity contribution >= 4 is 22.7 Å². The number of rotatable bonds is 8. The van der Waals surface area contributed by atoms with Crippen molar-refractivity contribution in [2.75, 3.05) is 13.1 Å². The SMILES string of the molecule is C=C(C)N=C(c1cccc(C(C)F)c1)c1ccc(C(=O)N2CCC(c3nc4ccccc4n3C(F)CC)CC2)cc1C. The minimum Gasteiger partial charge on any atom is -0.339 e. The highest BCUT2D eigenvalue weighted by Gasteiger charge is 2.30. The smallest absolute Gasteiger partial charge is 0.253 e. The number of aliphatic imine (C=N–C) groups is 1. The van der Waals surface area contributed by atoms with Gasteiger partial charge in [0.05, 0.1) is 16.7 Å². The van der Waals surface area contributed by atoms with Crippen LogP contribution in [-0.4, -0.2) is 39.2 Å². The number of imidazole rings is 1. The van der Waals surface area contributed by atoms with Gasteiger partial charge < -0.3 is 4.90 Å². The van der Waals surface area contributed by atoms with Crippen LogP contribution in [-0.2, 0) is 0 Å². The average molecular weight is 569 g/mol. The molecule has 0 saturated carbocycles. The molecular weight excluding hydrogens is 530 g/mol. The summed E-state index contributed by atoms with van der Waals surface area (Å²) >= 11 is 0. The van der Waals surface area contributed by atoms with E-state index in [1.807, 2.05) is 86.3 Å². The Morgan fingerprint density at radius 3 is 2.45 bits per heavy atom. The number of para-hydroxylation sites is 2. The summed E-state index contributed by atoms with van der Waals surface area (Å²) in [6.45, 7) is 12.2. The van der Waals surface area contributed by atoms with Crippen LogP contribution in [0.2, 0.25) is 0 Å². The molecular formula is C35H38F2N4O. The summed E-state index contributed by atoms with van der Waals surface area (Å²) in [5, 5.41) is 0. The Balaban J connectivity index is 1.35. The number of piperidine rings is 1. The summed E-state index contributed by atoms with van der Waals surface area (Å²) in [5.41, 5.74) is 6.72. The molecule has 4 aromatic rings. The number of likely N-dealkylation sites (tertiary alicyclic amines) is 1. The van der Waals surface area contributed by atoms with Crippen molar-refractivity contribution in [2.45, 2.75) is 65.3 Å². The van der Waals surface area contributed by atoms with Crippen molar-refractivity contribution in [3.8, 4) is 0 Å². The Labute approximate surface area is 246 Å². The number of hydrogen-bond acceptors (Lipinski definition) is 3. The van der Waals surface area contributed by atoms with Gasteiger partial charge in [-0.3, -0.25) is 14.4 Å². The van der Waals surface area contributed by atoms with Gasteiger partial charge in [-0.05, 0) is 81.5 Å². The van der Waals surface area contributed by atoms with Crippen LogP contribution in [0.5, 0.6) is 0 Å². The molecule has 0 bridgehead atoms. The maximum atomic E-state index is 15.1. The monoisotopic (exact) mass is 568 g/mol. The molecule has 1 aliphatic heterocycles. The van der Waals surface area contributed by atoms with Gasteiger partial charge in [0.25, 0.3) is 5.91 Å². The van der Waals surface area contributed by atoms with Crippen molar-refractivity contribution in [2.24, 2.45) is 4.99 Å². The van der Waals surface area contributed by atoms with E-state index < -0.39 is 12.5 Å². The summed E-state index contributed by atoms with van der Waals surface area (Å²) in [4.78, 5) is 24.9. The van der Waals surface area contributed by atoms with Crippen LogP contribution in [0.1, 0.15) is 96.9 Å². The molecule has 42 heavy (non-hydrogen) atoms.